The molecule has 2 aromatic rings. The first-order valence-electron chi connectivity index (χ1n) is 7.80. The van der Waals surface area contributed by atoms with Gasteiger partial charge in [0.05, 0.1) is 18.5 Å². The van der Waals surface area contributed by atoms with Gasteiger partial charge in [-0.05, 0) is 30.7 Å². The van der Waals surface area contributed by atoms with Crippen molar-refractivity contribution in [2.75, 3.05) is 26.0 Å². The Bertz CT molecular complexity index is 821. The first kappa shape index (κ1) is 18.9. The highest BCUT2D eigenvalue weighted by Crippen LogP contribution is 2.33. The van der Waals surface area contributed by atoms with E-state index < -0.39 is 5.97 Å². The number of rotatable bonds is 7. The summed E-state index contributed by atoms with van der Waals surface area (Å²) >= 11 is 0. The number of ether oxygens (including phenoxy) is 1. The van der Waals surface area contributed by atoms with E-state index in [0.717, 1.165) is 5.56 Å². The van der Waals surface area contributed by atoms with Crippen molar-refractivity contribution in [3.05, 3.63) is 53.6 Å². The van der Waals surface area contributed by atoms with Gasteiger partial charge in [0.2, 0.25) is 0 Å². The molecule has 0 atom stereocenters. The van der Waals surface area contributed by atoms with Gasteiger partial charge in [0, 0.05) is 18.7 Å². The lowest BCUT2D eigenvalue weighted by Gasteiger charge is -2.13. The van der Waals surface area contributed by atoms with Crippen molar-refractivity contribution in [3.8, 4) is 5.75 Å². The number of nitrogens with one attached hydrogen (secondary N) is 1. The zero-order valence-electron chi connectivity index (χ0n) is 14.8. The highest BCUT2D eigenvalue weighted by atomic mass is 16.5. The SMILES string of the molecule is COc1cc(N=NN(C)CC(=O)O)c(C)cc1NC(=O)c1ccccc1. The van der Waals surface area contributed by atoms with E-state index >= 15 is 0 Å². The normalized spacial score (nSPS) is 10.6. The summed E-state index contributed by atoms with van der Waals surface area (Å²) in [6.45, 7) is 1.55. The van der Waals surface area contributed by atoms with Crippen LogP contribution in [0.2, 0.25) is 0 Å². The lowest BCUT2D eigenvalue weighted by atomic mass is 10.1. The van der Waals surface area contributed by atoms with E-state index in [2.05, 4.69) is 15.7 Å². The van der Waals surface area contributed by atoms with Crippen molar-refractivity contribution in [1.29, 1.82) is 0 Å². The first-order chi connectivity index (χ1) is 12.4. The number of hydrogen-bond acceptors (Lipinski definition) is 5. The zero-order valence-corrected chi connectivity index (χ0v) is 14.8. The monoisotopic (exact) mass is 356 g/mol. The summed E-state index contributed by atoms with van der Waals surface area (Å²) in [5, 5.41) is 20.6. The molecule has 0 saturated carbocycles. The van der Waals surface area contributed by atoms with Crippen molar-refractivity contribution in [3.63, 3.8) is 0 Å². The third kappa shape index (κ3) is 5.04. The van der Waals surface area contributed by atoms with Gasteiger partial charge in [0.1, 0.15) is 12.3 Å². The fourth-order valence-corrected chi connectivity index (χ4v) is 2.19. The second-order valence-corrected chi connectivity index (χ2v) is 5.56. The Morgan fingerprint density at radius 2 is 1.92 bits per heavy atom. The zero-order chi connectivity index (χ0) is 19.1. The Kier molecular flexibility index (Phi) is 6.26. The number of carboxylic acid groups (broad SMARTS) is 1. The number of carbonyl (C=O) groups is 2. The van der Waals surface area contributed by atoms with E-state index in [1.165, 1.54) is 19.2 Å². The largest absolute Gasteiger partial charge is 0.494 e. The standard InChI is InChI=1S/C18H20N4O4/c1-12-9-15(19-18(25)13-7-5-4-6-8-13)16(26-3)10-14(12)20-21-22(2)11-17(23)24/h4-10H,11H2,1-3H3,(H,19,25)(H,23,24). The molecular formula is C18H20N4O4. The molecule has 0 bridgehead atoms. The fraction of sp³-hybridized carbons (Fsp3) is 0.222. The molecule has 8 heteroatoms. The number of aryl methyl sites for hydroxylation is 1. The van der Waals surface area contributed by atoms with E-state index in [1.807, 2.05) is 13.0 Å². The summed E-state index contributed by atoms with van der Waals surface area (Å²) < 4.78 is 5.33. The molecule has 0 aliphatic carbocycles. The van der Waals surface area contributed by atoms with E-state index in [4.69, 9.17) is 9.84 Å². The molecule has 0 spiro atoms. The van der Waals surface area contributed by atoms with Crippen LogP contribution >= 0.6 is 0 Å². The van der Waals surface area contributed by atoms with Crippen molar-refractivity contribution < 1.29 is 19.4 Å². The predicted octanol–water partition coefficient (Wildman–Crippen LogP) is 3.27. The van der Waals surface area contributed by atoms with Gasteiger partial charge in [0.25, 0.3) is 5.91 Å². The van der Waals surface area contributed by atoms with Gasteiger partial charge in [-0.15, -0.1) is 5.11 Å². The second kappa shape index (κ2) is 8.61. The number of benzene rings is 2. The topological polar surface area (TPSA) is 104 Å². The average Bonchev–Trinajstić information content (AvgIpc) is 2.61. The minimum absolute atomic E-state index is 0.251. The Balaban J connectivity index is 2.22. The highest BCUT2D eigenvalue weighted by Gasteiger charge is 2.12. The quantitative estimate of drug-likeness (QED) is 0.585. The van der Waals surface area contributed by atoms with Crippen LogP contribution in [0.15, 0.2) is 52.8 Å². The molecule has 0 aliphatic rings. The van der Waals surface area contributed by atoms with Crippen LogP contribution in [0, 0.1) is 6.92 Å². The number of aliphatic carboxylic acids is 1. The maximum Gasteiger partial charge on any atom is 0.324 e. The van der Waals surface area contributed by atoms with Gasteiger partial charge in [0.15, 0.2) is 0 Å². The molecule has 2 aromatic carbocycles. The lowest BCUT2D eigenvalue weighted by Crippen LogP contribution is -2.19. The number of nitrogens with zero attached hydrogens (tertiary/aromatic N) is 3. The summed E-state index contributed by atoms with van der Waals surface area (Å²) in [7, 11) is 3.00. The fourth-order valence-electron chi connectivity index (χ4n) is 2.19. The molecular weight excluding hydrogens is 336 g/mol. The molecule has 8 nitrogen and oxygen atoms in total. The molecule has 136 valence electrons. The number of methoxy groups -OCH3 is 1. The minimum atomic E-state index is -1.00. The summed E-state index contributed by atoms with van der Waals surface area (Å²) in [6, 6.07) is 12.2. The minimum Gasteiger partial charge on any atom is -0.494 e. The molecule has 1 amide bonds. The van der Waals surface area contributed by atoms with E-state index in [-0.39, 0.29) is 12.5 Å². The van der Waals surface area contributed by atoms with Gasteiger partial charge in [-0.1, -0.05) is 23.4 Å². The van der Waals surface area contributed by atoms with Crippen LogP contribution < -0.4 is 10.1 Å². The predicted molar refractivity (Wildman–Crippen MR) is 96.9 cm³/mol. The summed E-state index contributed by atoms with van der Waals surface area (Å²) in [5.74, 6) is -0.826. The lowest BCUT2D eigenvalue weighted by molar-refractivity contribution is -0.138. The van der Waals surface area contributed by atoms with Crippen LogP contribution in [0.3, 0.4) is 0 Å². The van der Waals surface area contributed by atoms with Crippen LogP contribution in [0.4, 0.5) is 11.4 Å². The molecule has 2 N–H and O–H groups in total. The van der Waals surface area contributed by atoms with Crippen molar-refractivity contribution in [2.24, 2.45) is 10.3 Å². The van der Waals surface area contributed by atoms with Gasteiger partial charge < -0.3 is 15.2 Å². The number of carbonyl (C=O) groups excluding carboxylic acids is 1. The van der Waals surface area contributed by atoms with Crippen molar-refractivity contribution in [2.45, 2.75) is 6.92 Å². The van der Waals surface area contributed by atoms with Crippen molar-refractivity contribution >= 4 is 23.3 Å². The van der Waals surface area contributed by atoms with Gasteiger partial charge in [-0.2, -0.15) is 0 Å². The highest BCUT2D eigenvalue weighted by molar-refractivity contribution is 6.05. The Morgan fingerprint density at radius 3 is 2.54 bits per heavy atom. The molecule has 0 fully saturated rings. The first-order valence-corrected chi connectivity index (χ1v) is 7.80. The van der Waals surface area contributed by atoms with E-state index in [9.17, 15) is 9.59 Å². The smallest absolute Gasteiger partial charge is 0.324 e. The van der Waals surface area contributed by atoms with Crippen LogP contribution in [0.5, 0.6) is 5.75 Å². The Labute approximate surface area is 151 Å². The van der Waals surface area contributed by atoms with Crippen LogP contribution in [0.1, 0.15) is 15.9 Å². The number of amides is 1. The number of hydrogen-bond donors (Lipinski definition) is 2. The van der Waals surface area contributed by atoms with Crippen LogP contribution in [-0.2, 0) is 4.79 Å². The van der Waals surface area contributed by atoms with E-state index in [0.29, 0.717) is 22.7 Å². The molecule has 0 aromatic heterocycles. The van der Waals surface area contributed by atoms with Gasteiger partial charge in [-0.3, -0.25) is 14.6 Å². The Morgan fingerprint density at radius 1 is 1.23 bits per heavy atom. The molecule has 0 aliphatic heterocycles. The maximum absolute atomic E-state index is 12.3. The molecule has 26 heavy (non-hydrogen) atoms. The van der Waals surface area contributed by atoms with Crippen LogP contribution in [-0.4, -0.2) is 42.7 Å². The average molecular weight is 356 g/mol. The third-order valence-corrected chi connectivity index (χ3v) is 3.47. The van der Waals surface area contributed by atoms with Gasteiger partial charge >= 0.3 is 5.97 Å². The third-order valence-electron chi connectivity index (χ3n) is 3.47. The molecule has 0 radical (unpaired) electrons. The van der Waals surface area contributed by atoms with Crippen LogP contribution in [0.25, 0.3) is 0 Å². The molecule has 0 unspecified atom stereocenters. The summed E-state index contributed by atoms with van der Waals surface area (Å²) in [4.78, 5) is 23.0. The van der Waals surface area contributed by atoms with Gasteiger partial charge in [-0.25, -0.2) is 0 Å². The molecule has 2 rings (SSSR count). The van der Waals surface area contributed by atoms with E-state index in [1.54, 1.807) is 36.4 Å². The van der Waals surface area contributed by atoms with Crippen molar-refractivity contribution in [1.82, 2.24) is 5.01 Å². The summed E-state index contributed by atoms with van der Waals surface area (Å²) in [6.07, 6.45) is 0. The Hall–Kier alpha value is -3.42. The summed E-state index contributed by atoms with van der Waals surface area (Å²) in [5.41, 5.74) is 2.31. The number of anilines is 1. The molecule has 0 saturated heterocycles. The maximum atomic E-state index is 12.3. The second-order valence-electron chi connectivity index (χ2n) is 5.56. The number of carboxylic acids is 1. The number of likely N-dealkylation sites (N-methyl/N-ethyl adjacent to an activating group) is 1. The molecule has 0 heterocycles.